The van der Waals surface area contributed by atoms with Gasteiger partial charge in [-0.05, 0) is 48.0 Å². The maximum atomic E-state index is 12.8. The molecule has 1 N–H and O–H groups in total. The van der Waals surface area contributed by atoms with E-state index in [1.807, 2.05) is 0 Å². The number of hydrogen-bond acceptors (Lipinski definition) is 2. The maximum Gasteiger partial charge on any atom is 0.416 e. The first-order valence-corrected chi connectivity index (χ1v) is 7.69. The van der Waals surface area contributed by atoms with Crippen molar-refractivity contribution in [3.05, 3.63) is 59.2 Å². The van der Waals surface area contributed by atoms with Gasteiger partial charge in [0.2, 0.25) is 0 Å². The lowest BCUT2D eigenvalue weighted by atomic mass is 10.1. The summed E-state index contributed by atoms with van der Waals surface area (Å²) in [5, 5.41) is 0. The summed E-state index contributed by atoms with van der Waals surface area (Å²) in [5.41, 5.74) is -3.16. The standard InChI is InChI=1S/C15H10F6O3S/c16-14(17,18)10-5-9(6-11(7-10)15(19,20)21)8-24-12-1-3-13(4-2-12)25(22)23/h1-7H,8H2,(H,22,23). The van der Waals surface area contributed by atoms with Crippen molar-refractivity contribution >= 4 is 11.1 Å². The van der Waals surface area contributed by atoms with Crippen LogP contribution in [0.5, 0.6) is 5.75 Å². The quantitative estimate of drug-likeness (QED) is 0.604. The molecule has 25 heavy (non-hydrogen) atoms. The molecule has 2 aromatic carbocycles. The van der Waals surface area contributed by atoms with Crippen molar-refractivity contribution in [2.75, 3.05) is 0 Å². The predicted octanol–water partition coefficient (Wildman–Crippen LogP) is 4.88. The minimum Gasteiger partial charge on any atom is -0.489 e. The van der Waals surface area contributed by atoms with Gasteiger partial charge in [-0.25, -0.2) is 4.21 Å². The third-order valence-electron chi connectivity index (χ3n) is 3.08. The first-order chi connectivity index (χ1) is 11.5. The van der Waals surface area contributed by atoms with E-state index < -0.39 is 41.2 Å². The highest BCUT2D eigenvalue weighted by atomic mass is 32.2. The number of benzene rings is 2. The second-order valence-electron chi connectivity index (χ2n) is 4.92. The van der Waals surface area contributed by atoms with Gasteiger partial charge in [0.1, 0.15) is 12.4 Å². The Balaban J connectivity index is 2.24. The van der Waals surface area contributed by atoms with Crippen LogP contribution in [0.4, 0.5) is 26.3 Å². The molecule has 0 aliphatic heterocycles. The molecule has 3 nitrogen and oxygen atoms in total. The molecular weight excluding hydrogens is 374 g/mol. The van der Waals surface area contributed by atoms with E-state index in [2.05, 4.69) is 0 Å². The highest BCUT2D eigenvalue weighted by Crippen LogP contribution is 2.36. The molecule has 0 bridgehead atoms. The number of ether oxygens (including phenoxy) is 1. The van der Waals surface area contributed by atoms with Crippen LogP contribution in [0, 0.1) is 0 Å². The number of halogens is 6. The molecular formula is C15H10F6O3S. The van der Waals surface area contributed by atoms with Gasteiger partial charge in [0.15, 0.2) is 11.1 Å². The normalized spacial score (nSPS) is 13.6. The zero-order valence-corrected chi connectivity index (χ0v) is 13.0. The molecule has 0 spiro atoms. The van der Waals surface area contributed by atoms with Crippen LogP contribution in [-0.2, 0) is 30.0 Å². The number of alkyl halides is 6. The summed E-state index contributed by atoms with van der Waals surface area (Å²) in [6.07, 6.45) is -9.86. The van der Waals surface area contributed by atoms with Gasteiger partial charge in [0, 0.05) is 0 Å². The Hall–Kier alpha value is -2.07. The molecule has 1 unspecified atom stereocenters. The molecule has 0 saturated carbocycles. The largest absolute Gasteiger partial charge is 0.489 e. The molecule has 10 heteroatoms. The molecule has 136 valence electrons. The summed E-state index contributed by atoms with van der Waals surface area (Å²) in [7, 11) is 0. The van der Waals surface area contributed by atoms with Gasteiger partial charge in [-0.1, -0.05) is 0 Å². The van der Waals surface area contributed by atoms with Gasteiger partial charge in [0.25, 0.3) is 0 Å². The van der Waals surface area contributed by atoms with Crippen LogP contribution in [0.2, 0.25) is 0 Å². The van der Waals surface area contributed by atoms with E-state index in [0.717, 1.165) is 0 Å². The molecule has 2 aromatic rings. The first-order valence-electron chi connectivity index (χ1n) is 6.59. The van der Waals surface area contributed by atoms with Crippen LogP contribution < -0.4 is 4.74 Å². The molecule has 0 aromatic heterocycles. The Labute approximate surface area is 140 Å². The van der Waals surface area contributed by atoms with Crippen molar-refractivity contribution in [1.82, 2.24) is 0 Å². The minimum atomic E-state index is -4.93. The molecule has 0 aliphatic rings. The Morgan fingerprint density at radius 3 is 1.76 bits per heavy atom. The van der Waals surface area contributed by atoms with Crippen LogP contribution in [0.15, 0.2) is 47.4 Å². The SMILES string of the molecule is O=S(O)c1ccc(OCc2cc(C(F)(F)F)cc(C(F)(F)F)c2)cc1. The summed E-state index contributed by atoms with van der Waals surface area (Å²) in [6.45, 7) is -0.533. The fraction of sp³-hybridized carbons (Fsp3) is 0.200. The molecule has 1 atom stereocenters. The van der Waals surface area contributed by atoms with Crippen LogP contribution in [0.3, 0.4) is 0 Å². The molecule has 0 amide bonds. The Morgan fingerprint density at radius 2 is 1.36 bits per heavy atom. The van der Waals surface area contributed by atoms with E-state index >= 15 is 0 Å². The van der Waals surface area contributed by atoms with E-state index in [1.54, 1.807) is 0 Å². The van der Waals surface area contributed by atoms with E-state index in [4.69, 9.17) is 9.29 Å². The fourth-order valence-electron chi connectivity index (χ4n) is 1.92. The third kappa shape index (κ3) is 5.20. The van der Waals surface area contributed by atoms with Crippen LogP contribution >= 0.6 is 0 Å². The topological polar surface area (TPSA) is 46.5 Å². The van der Waals surface area contributed by atoms with Crippen LogP contribution in [-0.4, -0.2) is 8.76 Å². The highest BCUT2D eigenvalue weighted by Gasteiger charge is 2.36. The van der Waals surface area contributed by atoms with Crippen LogP contribution in [0.1, 0.15) is 16.7 Å². The molecule has 2 rings (SSSR count). The second-order valence-corrected chi connectivity index (χ2v) is 5.89. The van der Waals surface area contributed by atoms with Gasteiger partial charge in [-0.2, -0.15) is 26.3 Å². The lowest BCUT2D eigenvalue weighted by Gasteiger charge is -2.14. The average Bonchev–Trinajstić information content (AvgIpc) is 2.51. The zero-order chi connectivity index (χ0) is 18.8. The van der Waals surface area contributed by atoms with Crippen molar-refractivity contribution in [2.24, 2.45) is 0 Å². The van der Waals surface area contributed by atoms with Gasteiger partial charge in [-0.15, -0.1) is 0 Å². The molecule has 0 heterocycles. The molecule has 0 aliphatic carbocycles. The predicted molar refractivity (Wildman–Crippen MR) is 76.3 cm³/mol. The summed E-state index contributed by atoms with van der Waals surface area (Å²) in [5.74, 6) is 0.125. The smallest absolute Gasteiger partial charge is 0.416 e. The molecule has 0 radical (unpaired) electrons. The first kappa shape index (κ1) is 19.3. The van der Waals surface area contributed by atoms with Crippen molar-refractivity contribution < 1.29 is 39.8 Å². The van der Waals surface area contributed by atoms with E-state index in [-0.39, 0.29) is 22.3 Å². The van der Waals surface area contributed by atoms with E-state index in [9.17, 15) is 30.6 Å². The van der Waals surface area contributed by atoms with Gasteiger partial charge < -0.3 is 9.29 Å². The van der Waals surface area contributed by atoms with E-state index in [0.29, 0.717) is 12.1 Å². The Morgan fingerprint density at radius 1 is 0.880 bits per heavy atom. The summed E-state index contributed by atoms with van der Waals surface area (Å²) in [4.78, 5) is 0.0748. The molecule has 0 fully saturated rings. The van der Waals surface area contributed by atoms with Gasteiger partial charge in [0.05, 0.1) is 16.0 Å². The maximum absolute atomic E-state index is 12.8. The van der Waals surface area contributed by atoms with Crippen molar-refractivity contribution in [2.45, 2.75) is 23.9 Å². The summed E-state index contributed by atoms with van der Waals surface area (Å²) >= 11 is -2.21. The van der Waals surface area contributed by atoms with Crippen molar-refractivity contribution in [3.63, 3.8) is 0 Å². The van der Waals surface area contributed by atoms with Crippen molar-refractivity contribution in [1.29, 1.82) is 0 Å². The summed E-state index contributed by atoms with van der Waals surface area (Å²) < 4.78 is 101. The summed E-state index contributed by atoms with van der Waals surface area (Å²) in [6, 6.07) is 6.24. The Kier molecular flexibility index (Phi) is 5.43. The highest BCUT2D eigenvalue weighted by molar-refractivity contribution is 7.79. The third-order valence-corrected chi connectivity index (χ3v) is 3.75. The monoisotopic (exact) mass is 384 g/mol. The fourth-order valence-corrected chi connectivity index (χ4v) is 2.29. The molecule has 0 saturated heterocycles. The minimum absolute atomic E-state index is 0.0366. The van der Waals surface area contributed by atoms with Gasteiger partial charge >= 0.3 is 12.4 Å². The Bertz CT molecular complexity index is 736. The second kappa shape index (κ2) is 7.04. The lowest BCUT2D eigenvalue weighted by Crippen LogP contribution is -2.12. The van der Waals surface area contributed by atoms with E-state index in [1.165, 1.54) is 24.3 Å². The lowest BCUT2D eigenvalue weighted by molar-refractivity contribution is -0.143. The average molecular weight is 384 g/mol. The van der Waals surface area contributed by atoms with Crippen LogP contribution in [0.25, 0.3) is 0 Å². The van der Waals surface area contributed by atoms with Crippen molar-refractivity contribution in [3.8, 4) is 5.75 Å². The van der Waals surface area contributed by atoms with Gasteiger partial charge in [-0.3, -0.25) is 0 Å². The number of hydrogen-bond donors (Lipinski definition) is 1. The zero-order valence-electron chi connectivity index (χ0n) is 12.2. The number of rotatable bonds is 4.